The fraction of sp³-hybridized carbons (Fsp3) is 0.211. The number of rotatable bonds is 7. The minimum Gasteiger partial charge on any atom is -0.378 e. The zero-order valence-corrected chi connectivity index (χ0v) is 16.7. The quantitative estimate of drug-likeness (QED) is 0.308. The number of carbonyl (C=O) groups is 1. The molecule has 0 saturated heterocycles. The number of fused-ring (bicyclic) bond motifs is 1. The van der Waals surface area contributed by atoms with E-state index in [1.54, 1.807) is 6.07 Å². The Bertz CT molecular complexity index is 1200. The second kappa shape index (κ2) is 7.92. The second-order valence-electron chi connectivity index (χ2n) is 6.66. The molecule has 3 N–H and O–H groups in total. The topological polar surface area (TPSA) is 134 Å². The average molecular weight is 416 g/mol. The smallest absolute Gasteiger partial charge is 0.293 e. The third kappa shape index (κ3) is 4.72. The normalized spacial score (nSPS) is 11.4. The van der Waals surface area contributed by atoms with Crippen LogP contribution in [0.4, 0.5) is 11.4 Å². The van der Waals surface area contributed by atoms with Crippen LogP contribution in [0, 0.1) is 17.0 Å². The summed E-state index contributed by atoms with van der Waals surface area (Å²) in [6.45, 7) is 2.41. The molecular formula is C19H20N4O5S. The molecule has 0 bridgehead atoms. The number of sulfone groups is 1. The molecule has 9 nitrogen and oxygen atoms in total. The van der Waals surface area contributed by atoms with Crippen molar-refractivity contribution in [3.8, 4) is 0 Å². The molecule has 0 aliphatic heterocycles. The van der Waals surface area contributed by atoms with Gasteiger partial charge in [-0.05, 0) is 36.8 Å². The number of nitro benzene ring substituents is 1. The number of aryl methyl sites for hydroxylation is 1. The minimum atomic E-state index is -3.55. The van der Waals surface area contributed by atoms with Crippen LogP contribution in [0.15, 0.2) is 47.4 Å². The highest BCUT2D eigenvalue weighted by Gasteiger charge is 2.18. The largest absolute Gasteiger partial charge is 0.378 e. The van der Waals surface area contributed by atoms with Gasteiger partial charge in [-0.15, -0.1) is 0 Å². The molecule has 29 heavy (non-hydrogen) atoms. The fourth-order valence-corrected chi connectivity index (χ4v) is 3.52. The van der Waals surface area contributed by atoms with Gasteiger partial charge in [0.1, 0.15) is 11.4 Å². The molecule has 1 heterocycles. The van der Waals surface area contributed by atoms with E-state index in [-0.39, 0.29) is 35.3 Å². The summed E-state index contributed by atoms with van der Waals surface area (Å²) >= 11 is 0. The first-order valence-corrected chi connectivity index (χ1v) is 10.6. The number of nitrogens with zero attached hydrogens (tertiary/aromatic N) is 1. The monoisotopic (exact) mass is 416 g/mol. The van der Waals surface area contributed by atoms with E-state index in [0.29, 0.717) is 5.69 Å². The number of aromatic amines is 1. The van der Waals surface area contributed by atoms with Crippen molar-refractivity contribution >= 4 is 38.0 Å². The van der Waals surface area contributed by atoms with Gasteiger partial charge < -0.3 is 15.6 Å². The van der Waals surface area contributed by atoms with E-state index in [1.807, 2.05) is 25.1 Å². The molecule has 1 aromatic heterocycles. The number of nitrogens with one attached hydrogen (secondary N) is 3. The molecule has 152 valence electrons. The summed E-state index contributed by atoms with van der Waals surface area (Å²) in [6.07, 6.45) is 0.986. The summed E-state index contributed by atoms with van der Waals surface area (Å²) < 4.78 is 23.2. The third-order valence-corrected chi connectivity index (χ3v) is 5.45. The molecule has 2 aromatic carbocycles. The number of H-pyrrole nitrogens is 1. The zero-order valence-electron chi connectivity index (χ0n) is 15.9. The first-order valence-electron chi connectivity index (χ1n) is 8.75. The van der Waals surface area contributed by atoms with Crippen molar-refractivity contribution in [2.75, 3.05) is 24.7 Å². The van der Waals surface area contributed by atoms with Gasteiger partial charge in [-0.25, -0.2) is 8.42 Å². The standard InChI is InChI=1S/C19H20N4O5S/c1-12-3-4-13-10-17(22-16(13)9-12)19(24)21-8-7-20-15-6-5-14(29(2,27)28)11-18(15)23(25)26/h3-6,9-11,20,22H,7-8H2,1-2H3,(H,21,24). The van der Waals surface area contributed by atoms with Gasteiger partial charge in [0.2, 0.25) is 0 Å². The molecule has 0 unspecified atom stereocenters. The lowest BCUT2D eigenvalue weighted by atomic mass is 10.2. The van der Waals surface area contributed by atoms with E-state index in [2.05, 4.69) is 15.6 Å². The number of nitro groups is 1. The molecule has 10 heteroatoms. The number of amides is 1. The van der Waals surface area contributed by atoms with E-state index in [1.165, 1.54) is 12.1 Å². The van der Waals surface area contributed by atoms with Crippen molar-refractivity contribution in [2.45, 2.75) is 11.8 Å². The average Bonchev–Trinajstić information content (AvgIpc) is 3.07. The molecule has 1 amide bonds. The van der Waals surface area contributed by atoms with Crippen LogP contribution in [0.2, 0.25) is 0 Å². The van der Waals surface area contributed by atoms with Gasteiger partial charge in [-0.3, -0.25) is 14.9 Å². The molecule has 3 aromatic rings. The number of benzene rings is 2. The molecule has 0 fully saturated rings. The van der Waals surface area contributed by atoms with Crippen molar-refractivity contribution < 1.29 is 18.1 Å². The number of carbonyl (C=O) groups excluding carboxylic acids is 1. The highest BCUT2D eigenvalue weighted by Crippen LogP contribution is 2.27. The van der Waals surface area contributed by atoms with Crippen LogP contribution < -0.4 is 10.6 Å². The number of anilines is 1. The molecule has 3 rings (SSSR count). The Kier molecular flexibility index (Phi) is 5.55. The van der Waals surface area contributed by atoms with Gasteiger partial charge in [0.05, 0.1) is 9.82 Å². The molecule has 0 saturated carbocycles. The number of hydrogen-bond acceptors (Lipinski definition) is 6. The summed E-state index contributed by atoms with van der Waals surface area (Å²) in [4.78, 5) is 25.8. The van der Waals surface area contributed by atoms with Crippen LogP contribution in [0.5, 0.6) is 0 Å². The summed E-state index contributed by atoms with van der Waals surface area (Å²) in [6, 6.07) is 11.3. The number of aromatic nitrogens is 1. The fourth-order valence-electron chi connectivity index (χ4n) is 2.87. The van der Waals surface area contributed by atoms with Crippen molar-refractivity contribution in [3.63, 3.8) is 0 Å². The van der Waals surface area contributed by atoms with Gasteiger partial charge in [0.25, 0.3) is 11.6 Å². The van der Waals surface area contributed by atoms with Crippen molar-refractivity contribution in [1.82, 2.24) is 10.3 Å². The van der Waals surface area contributed by atoms with Crippen LogP contribution in [-0.2, 0) is 9.84 Å². The van der Waals surface area contributed by atoms with E-state index in [4.69, 9.17) is 0 Å². The highest BCUT2D eigenvalue weighted by atomic mass is 32.2. The first-order chi connectivity index (χ1) is 13.6. The van der Waals surface area contributed by atoms with Crippen LogP contribution in [0.25, 0.3) is 10.9 Å². The lowest BCUT2D eigenvalue weighted by Crippen LogP contribution is -2.29. The van der Waals surface area contributed by atoms with Gasteiger partial charge >= 0.3 is 0 Å². The minimum absolute atomic E-state index is 0.128. The highest BCUT2D eigenvalue weighted by molar-refractivity contribution is 7.90. The Labute approximate surface area is 167 Å². The predicted octanol–water partition coefficient (Wildman–Crippen LogP) is 2.63. The van der Waals surface area contributed by atoms with Crippen LogP contribution >= 0.6 is 0 Å². The van der Waals surface area contributed by atoms with E-state index in [9.17, 15) is 23.3 Å². The molecule has 0 spiro atoms. The molecule has 0 atom stereocenters. The SMILES string of the molecule is Cc1ccc2cc(C(=O)NCCNc3ccc(S(C)(=O)=O)cc3[N+](=O)[O-])[nH]c2c1. The van der Waals surface area contributed by atoms with Gasteiger partial charge in [0, 0.05) is 36.3 Å². The maximum absolute atomic E-state index is 12.3. The van der Waals surface area contributed by atoms with Crippen LogP contribution in [0.3, 0.4) is 0 Å². The maximum Gasteiger partial charge on any atom is 0.293 e. The molecule has 0 aliphatic rings. The molecule has 0 aliphatic carbocycles. The summed E-state index contributed by atoms with van der Waals surface area (Å²) in [5.74, 6) is -0.289. The Hall–Kier alpha value is -3.40. The molecule has 0 radical (unpaired) electrons. The Morgan fingerprint density at radius 3 is 2.59 bits per heavy atom. The Morgan fingerprint density at radius 2 is 1.90 bits per heavy atom. The maximum atomic E-state index is 12.3. The van der Waals surface area contributed by atoms with Crippen molar-refractivity contribution in [2.24, 2.45) is 0 Å². The van der Waals surface area contributed by atoms with Gasteiger partial charge in [0.15, 0.2) is 9.84 Å². The first kappa shape index (κ1) is 20.3. The predicted molar refractivity (Wildman–Crippen MR) is 110 cm³/mol. The summed E-state index contributed by atoms with van der Waals surface area (Å²) in [5, 5.41) is 17.7. The Morgan fingerprint density at radius 1 is 1.14 bits per heavy atom. The summed E-state index contributed by atoms with van der Waals surface area (Å²) in [7, 11) is -3.55. The van der Waals surface area contributed by atoms with Crippen molar-refractivity contribution in [1.29, 1.82) is 0 Å². The van der Waals surface area contributed by atoms with Crippen LogP contribution in [-0.4, -0.2) is 43.6 Å². The van der Waals surface area contributed by atoms with Gasteiger partial charge in [-0.2, -0.15) is 0 Å². The third-order valence-electron chi connectivity index (χ3n) is 4.34. The molecular weight excluding hydrogens is 396 g/mol. The van der Waals surface area contributed by atoms with E-state index < -0.39 is 14.8 Å². The lowest BCUT2D eigenvalue weighted by Gasteiger charge is -2.09. The van der Waals surface area contributed by atoms with Gasteiger partial charge in [-0.1, -0.05) is 12.1 Å². The van der Waals surface area contributed by atoms with Crippen LogP contribution in [0.1, 0.15) is 16.1 Å². The van der Waals surface area contributed by atoms with Crippen molar-refractivity contribution in [3.05, 3.63) is 63.8 Å². The van der Waals surface area contributed by atoms with E-state index >= 15 is 0 Å². The second-order valence-corrected chi connectivity index (χ2v) is 8.68. The Balaban J connectivity index is 1.62. The lowest BCUT2D eigenvalue weighted by molar-refractivity contribution is -0.384. The van der Waals surface area contributed by atoms with E-state index in [0.717, 1.165) is 28.8 Å². The summed E-state index contributed by atoms with van der Waals surface area (Å²) in [5.41, 5.74) is 2.21. The number of hydrogen-bond donors (Lipinski definition) is 3. The zero-order chi connectivity index (χ0) is 21.2.